The fraction of sp³-hybridized carbons (Fsp3) is 0.276. The van der Waals surface area contributed by atoms with Crippen LogP contribution in [0.25, 0.3) is 11.1 Å². The van der Waals surface area contributed by atoms with Gasteiger partial charge < -0.3 is 21.1 Å². The van der Waals surface area contributed by atoms with Gasteiger partial charge in [-0.05, 0) is 28.7 Å². The Morgan fingerprint density at radius 1 is 1.11 bits per heavy atom. The monoisotopic (exact) mass is 496 g/mol. The predicted octanol–water partition coefficient (Wildman–Crippen LogP) is 4.45. The molecule has 0 fully saturated rings. The van der Waals surface area contributed by atoms with E-state index in [0.717, 1.165) is 46.8 Å². The Morgan fingerprint density at radius 2 is 1.92 bits per heavy atom. The molecule has 0 saturated carbocycles. The van der Waals surface area contributed by atoms with Crippen molar-refractivity contribution in [2.24, 2.45) is 7.05 Å². The van der Waals surface area contributed by atoms with Crippen LogP contribution in [0.15, 0.2) is 79.3 Å². The summed E-state index contributed by atoms with van der Waals surface area (Å²) in [4.78, 5) is 15.9. The molecule has 0 bridgehead atoms. The van der Waals surface area contributed by atoms with Gasteiger partial charge in [0.05, 0.1) is 30.4 Å². The first-order valence-corrected chi connectivity index (χ1v) is 12.5. The lowest BCUT2D eigenvalue weighted by Crippen LogP contribution is -2.45. The smallest absolute Gasteiger partial charge is 0.307 e. The maximum Gasteiger partial charge on any atom is 0.307 e. The van der Waals surface area contributed by atoms with E-state index in [9.17, 15) is 4.79 Å². The number of hydrogen-bond acceptors (Lipinski definition) is 6. The van der Waals surface area contributed by atoms with E-state index in [-0.39, 0.29) is 24.4 Å². The number of carboxylic acid groups (broad SMARTS) is 1. The van der Waals surface area contributed by atoms with Crippen LogP contribution in [0.4, 0.5) is 11.5 Å². The average molecular weight is 497 g/mol. The normalized spacial score (nSPS) is 16.2. The highest BCUT2D eigenvalue weighted by molar-refractivity contribution is 5.75. The number of aryl methyl sites for hydroxylation is 1. The van der Waals surface area contributed by atoms with Gasteiger partial charge in [0.25, 0.3) is 0 Å². The van der Waals surface area contributed by atoms with Gasteiger partial charge in [-0.2, -0.15) is 5.10 Å². The maximum atomic E-state index is 11.1. The molecule has 4 N–H and O–H groups in total. The maximum absolute atomic E-state index is 11.1. The number of carboxylic acids is 1. The van der Waals surface area contributed by atoms with Gasteiger partial charge >= 0.3 is 5.97 Å². The van der Waals surface area contributed by atoms with E-state index in [0.29, 0.717) is 0 Å². The largest absolute Gasteiger partial charge is 0.481 e. The number of rotatable bonds is 9. The molecule has 0 unspecified atom stereocenters. The molecule has 190 valence electrons. The van der Waals surface area contributed by atoms with Crippen LogP contribution >= 0.6 is 0 Å². The molecule has 2 aromatic carbocycles. The lowest BCUT2D eigenvalue weighted by atomic mass is 9.94. The van der Waals surface area contributed by atoms with Crippen LogP contribution in [-0.2, 0) is 18.3 Å². The van der Waals surface area contributed by atoms with Crippen molar-refractivity contribution in [3.63, 3.8) is 0 Å². The van der Waals surface area contributed by atoms with Crippen LogP contribution < -0.4 is 16.0 Å². The Hall–Kier alpha value is -4.17. The van der Waals surface area contributed by atoms with Gasteiger partial charge in [0, 0.05) is 43.7 Å². The summed E-state index contributed by atoms with van der Waals surface area (Å²) in [6.07, 6.45) is 5.74. The zero-order valence-corrected chi connectivity index (χ0v) is 21.1. The zero-order chi connectivity index (χ0) is 25.8. The van der Waals surface area contributed by atoms with E-state index in [1.54, 1.807) is 4.68 Å². The SMILES string of the molecule is C[C@@H](CN[C@H](c1ccccc1)[C@H]1CNc2cc(-c3cnn(C)c3)cnc2N1)c1cccc(CC(=O)O)c1. The van der Waals surface area contributed by atoms with Gasteiger partial charge in [-0.1, -0.05) is 61.5 Å². The number of hydrogen-bond donors (Lipinski definition) is 4. The summed E-state index contributed by atoms with van der Waals surface area (Å²) in [6, 6.07) is 20.5. The third kappa shape index (κ3) is 5.81. The van der Waals surface area contributed by atoms with Gasteiger partial charge in [-0.25, -0.2) is 4.98 Å². The van der Waals surface area contributed by atoms with Gasteiger partial charge in [0.2, 0.25) is 0 Å². The number of anilines is 2. The molecule has 3 heterocycles. The Kier molecular flexibility index (Phi) is 7.18. The molecule has 0 radical (unpaired) electrons. The van der Waals surface area contributed by atoms with Crippen LogP contribution in [-0.4, -0.2) is 45.0 Å². The van der Waals surface area contributed by atoms with E-state index in [1.165, 1.54) is 5.56 Å². The van der Waals surface area contributed by atoms with E-state index in [1.807, 2.05) is 49.9 Å². The summed E-state index contributed by atoms with van der Waals surface area (Å²) >= 11 is 0. The average Bonchev–Trinajstić information content (AvgIpc) is 3.35. The molecule has 2 aromatic heterocycles. The first-order chi connectivity index (χ1) is 18.0. The Morgan fingerprint density at radius 3 is 2.68 bits per heavy atom. The molecule has 1 aliphatic heterocycles. The number of pyridine rings is 1. The number of carbonyl (C=O) groups is 1. The lowest BCUT2D eigenvalue weighted by molar-refractivity contribution is -0.136. The van der Waals surface area contributed by atoms with Crippen molar-refractivity contribution in [2.75, 3.05) is 23.7 Å². The summed E-state index contributed by atoms with van der Waals surface area (Å²) in [5.41, 5.74) is 6.19. The number of aliphatic carboxylic acids is 1. The minimum Gasteiger partial charge on any atom is -0.481 e. The van der Waals surface area contributed by atoms with Gasteiger partial charge in [0.1, 0.15) is 5.82 Å². The molecule has 5 rings (SSSR count). The third-order valence-electron chi connectivity index (χ3n) is 6.84. The minimum atomic E-state index is -0.815. The molecule has 4 aromatic rings. The second-order valence-electron chi connectivity index (χ2n) is 9.67. The zero-order valence-electron chi connectivity index (χ0n) is 21.1. The van der Waals surface area contributed by atoms with Crippen molar-refractivity contribution >= 4 is 17.5 Å². The number of nitrogens with one attached hydrogen (secondary N) is 3. The second kappa shape index (κ2) is 10.8. The van der Waals surface area contributed by atoms with Crippen LogP contribution in [0.5, 0.6) is 0 Å². The van der Waals surface area contributed by atoms with Crippen LogP contribution in [0.2, 0.25) is 0 Å². The molecule has 37 heavy (non-hydrogen) atoms. The van der Waals surface area contributed by atoms with Crippen LogP contribution in [0, 0.1) is 0 Å². The van der Waals surface area contributed by atoms with Crippen molar-refractivity contribution in [3.8, 4) is 11.1 Å². The topological polar surface area (TPSA) is 104 Å². The van der Waals surface area contributed by atoms with Crippen LogP contribution in [0.3, 0.4) is 0 Å². The first kappa shape index (κ1) is 24.5. The van der Waals surface area contributed by atoms with Crippen molar-refractivity contribution in [1.82, 2.24) is 20.1 Å². The van der Waals surface area contributed by atoms with E-state index < -0.39 is 5.97 Å². The lowest BCUT2D eigenvalue weighted by Gasteiger charge is -2.35. The van der Waals surface area contributed by atoms with E-state index in [4.69, 9.17) is 10.1 Å². The van der Waals surface area contributed by atoms with Gasteiger partial charge in [0.15, 0.2) is 0 Å². The summed E-state index contributed by atoms with van der Waals surface area (Å²) in [7, 11) is 1.91. The van der Waals surface area contributed by atoms with Crippen molar-refractivity contribution in [3.05, 3.63) is 95.9 Å². The fourth-order valence-electron chi connectivity index (χ4n) is 4.85. The van der Waals surface area contributed by atoms with Crippen molar-refractivity contribution in [1.29, 1.82) is 0 Å². The molecular formula is C29H32N6O2. The number of aromatic nitrogens is 3. The predicted molar refractivity (Wildman–Crippen MR) is 146 cm³/mol. The highest BCUT2D eigenvalue weighted by Gasteiger charge is 2.28. The third-order valence-corrected chi connectivity index (χ3v) is 6.84. The van der Waals surface area contributed by atoms with Gasteiger partial charge in [-0.3, -0.25) is 9.48 Å². The second-order valence-corrected chi connectivity index (χ2v) is 9.67. The summed E-state index contributed by atoms with van der Waals surface area (Å²) in [5, 5.41) is 24.4. The van der Waals surface area contributed by atoms with Crippen molar-refractivity contribution in [2.45, 2.75) is 31.3 Å². The molecule has 0 amide bonds. The molecule has 1 aliphatic rings. The molecule has 0 aliphatic carbocycles. The number of benzene rings is 2. The van der Waals surface area contributed by atoms with Crippen LogP contribution in [0.1, 0.15) is 35.6 Å². The molecular weight excluding hydrogens is 464 g/mol. The minimum absolute atomic E-state index is 0.0349. The molecule has 0 spiro atoms. The van der Waals surface area contributed by atoms with E-state index >= 15 is 0 Å². The van der Waals surface area contributed by atoms with Gasteiger partial charge in [-0.15, -0.1) is 0 Å². The first-order valence-electron chi connectivity index (χ1n) is 12.5. The molecule has 8 heteroatoms. The van der Waals surface area contributed by atoms with E-state index in [2.05, 4.69) is 64.4 Å². The van der Waals surface area contributed by atoms with Crippen molar-refractivity contribution < 1.29 is 9.90 Å². The highest BCUT2D eigenvalue weighted by atomic mass is 16.4. The Labute approximate surface area is 216 Å². The Bertz CT molecular complexity index is 1370. The molecule has 3 atom stereocenters. The summed E-state index contributed by atoms with van der Waals surface area (Å²) < 4.78 is 1.79. The molecule has 0 saturated heterocycles. The quantitative estimate of drug-likeness (QED) is 0.271. The molecule has 8 nitrogen and oxygen atoms in total. The summed E-state index contributed by atoms with van der Waals surface area (Å²) in [6.45, 7) is 3.65. The standard InChI is InChI=1S/C29H32N6O2/c1-19(22-10-6-7-20(11-22)12-27(36)37)14-31-28(21-8-4-3-5-9-21)26-17-30-25-13-23(15-32-29(25)34-26)24-16-33-35(2)18-24/h3-11,13,15-16,18-19,26,28,30-31H,12,14,17H2,1-2H3,(H,32,34)(H,36,37)/t19-,26+,28+/m0/s1. The number of nitrogens with zero attached hydrogens (tertiary/aromatic N) is 3. The summed E-state index contributed by atoms with van der Waals surface area (Å²) in [5.74, 6) is 0.231. The Balaban J connectivity index is 1.32. The highest BCUT2D eigenvalue weighted by Crippen LogP contribution is 2.32. The number of fused-ring (bicyclic) bond motifs is 1. The fourth-order valence-corrected chi connectivity index (χ4v) is 4.85.